The van der Waals surface area contributed by atoms with Gasteiger partial charge in [0.05, 0.1) is 15.6 Å². The summed E-state index contributed by atoms with van der Waals surface area (Å²) < 4.78 is 26.6. The van der Waals surface area contributed by atoms with Gasteiger partial charge in [-0.3, -0.25) is 4.72 Å². The summed E-state index contributed by atoms with van der Waals surface area (Å²) >= 11 is 6.00. The van der Waals surface area contributed by atoms with Gasteiger partial charge in [-0.2, -0.15) is 0 Å². The molecule has 2 rings (SSSR count). The van der Waals surface area contributed by atoms with Gasteiger partial charge in [-0.15, -0.1) is 0 Å². The lowest BCUT2D eigenvalue weighted by Crippen LogP contribution is -2.13. The van der Waals surface area contributed by atoms with Gasteiger partial charge in [0.25, 0.3) is 10.0 Å². The Hall–Kier alpha value is -1.52. The van der Waals surface area contributed by atoms with Gasteiger partial charge in [0.1, 0.15) is 0 Å². The molecule has 0 amide bonds. The normalized spacial score (nSPS) is 11.2. The molecule has 0 saturated carbocycles. The molecule has 0 unspecified atom stereocenters. The first-order chi connectivity index (χ1) is 8.49. The molecule has 0 heterocycles. The fourth-order valence-electron chi connectivity index (χ4n) is 1.51. The Morgan fingerprint density at radius 2 is 1.72 bits per heavy atom. The zero-order chi connectivity index (χ0) is 13.2. The topological polar surface area (TPSA) is 46.2 Å². The second-order valence-corrected chi connectivity index (χ2v) is 5.99. The Balaban J connectivity index is 2.34. The van der Waals surface area contributed by atoms with Gasteiger partial charge in [-0.05, 0) is 36.8 Å². The third-order valence-corrected chi connectivity index (χ3v) is 4.12. The number of hydrogen-bond donors (Lipinski definition) is 1. The van der Waals surface area contributed by atoms with Crippen molar-refractivity contribution in [2.75, 3.05) is 4.72 Å². The van der Waals surface area contributed by atoms with Crippen molar-refractivity contribution >= 4 is 27.3 Å². The van der Waals surface area contributed by atoms with Crippen LogP contribution in [-0.4, -0.2) is 8.42 Å². The fourth-order valence-corrected chi connectivity index (χ4v) is 2.95. The number of benzene rings is 2. The molecule has 0 atom stereocenters. The van der Waals surface area contributed by atoms with Crippen molar-refractivity contribution in [2.24, 2.45) is 0 Å². The van der Waals surface area contributed by atoms with Crippen LogP contribution in [0.3, 0.4) is 0 Å². The summed E-state index contributed by atoms with van der Waals surface area (Å²) in [5, 5.41) is 0.384. The molecule has 0 fully saturated rings. The van der Waals surface area contributed by atoms with Crippen LogP contribution in [0, 0.1) is 6.92 Å². The smallest absolute Gasteiger partial charge is 0.261 e. The molecule has 3 nitrogen and oxygen atoms in total. The maximum Gasteiger partial charge on any atom is 0.261 e. The summed E-state index contributed by atoms with van der Waals surface area (Å²) in [6.07, 6.45) is 0. The molecule has 0 bridgehead atoms. The lowest BCUT2D eigenvalue weighted by atomic mass is 10.2. The molecular weight excluding hydrogens is 270 g/mol. The van der Waals surface area contributed by atoms with E-state index >= 15 is 0 Å². The van der Waals surface area contributed by atoms with Crippen LogP contribution in [0.5, 0.6) is 0 Å². The second kappa shape index (κ2) is 5.00. The first-order valence-corrected chi connectivity index (χ1v) is 7.19. The van der Waals surface area contributed by atoms with E-state index in [0.717, 1.165) is 5.56 Å². The van der Waals surface area contributed by atoms with E-state index in [1.807, 2.05) is 6.92 Å². The molecule has 2 aromatic carbocycles. The van der Waals surface area contributed by atoms with Crippen LogP contribution < -0.4 is 4.72 Å². The molecule has 0 saturated heterocycles. The van der Waals surface area contributed by atoms with Crippen molar-refractivity contribution in [1.29, 1.82) is 0 Å². The highest BCUT2D eigenvalue weighted by Crippen LogP contribution is 2.25. The molecule has 0 aliphatic rings. The van der Waals surface area contributed by atoms with Crippen molar-refractivity contribution < 1.29 is 8.42 Å². The Morgan fingerprint density at radius 3 is 2.33 bits per heavy atom. The molecule has 0 radical (unpaired) electrons. The van der Waals surface area contributed by atoms with Crippen LogP contribution in [0.2, 0.25) is 5.02 Å². The minimum Gasteiger partial charge on any atom is -0.278 e. The van der Waals surface area contributed by atoms with E-state index in [4.69, 9.17) is 11.6 Å². The monoisotopic (exact) mass is 281 g/mol. The highest BCUT2D eigenvalue weighted by molar-refractivity contribution is 7.92. The minimum absolute atomic E-state index is 0.210. The van der Waals surface area contributed by atoms with Gasteiger partial charge in [0, 0.05) is 0 Å². The van der Waals surface area contributed by atoms with E-state index in [-0.39, 0.29) is 4.90 Å². The zero-order valence-electron chi connectivity index (χ0n) is 9.72. The van der Waals surface area contributed by atoms with Crippen molar-refractivity contribution in [3.63, 3.8) is 0 Å². The molecule has 5 heteroatoms. The Labute approximate surface area is 111 Å². The number of rotatable bonds is 3. The lowest BCUT2D eigenvalue weighted by Gasteiger charge is -2.09. The number of sulfonamides is 1. The molecule has 0 spiro atoms. The molecule has 0 aliphatic heterocycles. The summed E-state index contributed by atoms with van der Waals surface area (Å²) in [6.45, 7) is 1.89. The quantitative estimate of drug-likeness (QED) is 0.937. The molecule has 94 valence electrons. The number of hydrogen-bond acceptors (Lipinski definition) is 2. The summed E-state index contributed by atoms with van der Waals surface area (Å²) in [7, 11) is -3.58. The average molecular weight is 282 g/mol. The van der Waals surface area contributed by atoms with Gasteiger partial charge >= 0.3 is 0 Å². The van der Waals surface area contributed by atoms with Crippen molar-refractivity contribution in [2.45, 2.75) is 11.8 Å². The van der Waals surface area contributed by atoms with Gasteiger partial charge in [-0.25, -0.2) is 8.42 Å². The van der Waals surface area contributed by atoms with Crippen LogP contribution in [0.1, 0.15) is 5.56 Å². The van der Waals surface area contributed by atoms with Crippen LogP contribution in [0.25, 0.3) is 0 Å². The van der Waals surface area contributed by atoms with Crippen molar-refractivity contribution in [3.8, 4) is 0 Å². The second-order valence-electron chi connectivity index (χ2n) is 3.90. The highest BCUT2D eigenvalue weighted by Gasteiger charge is 2.14. The van der Waals surface area contributed by atoms with Crippen LogP contribution in [0.4, 0.5) is 5.69 Å². The summed E-state index contributed by atoms with van der Waals surface area (Å²) in [6, 6.07) is 13.3. The zero-order valence-corrected chi connectivity index (χ0v) is 11.3. The largest absolute Gasteiger partial charge is 0.278 e. The predicted octanol–water partition coefficient (Wildman–Crippen LogP) is 3.45. The van der Waals surface area contributed by atoms with Crippen LogP contribution >= 0.6 is 11.6 Å². The van der Waals surface area contributed by atoms with Gasteiger partial charge in [-0.1, -0.05) is 35.9 Å². The lowest BCUT2D eigenvalue weighted by molar-refractivity contribution is 0.601. The summed E-state index contributed by atoms with van der Waals surface area (Å²) in [5.41, 5.74) is 1.36. The molecular formula is C13H12ClNO2S. The molecule has 0 aromatic heterocycles. The number of nitrogens with one attached hydrogen (secondary N) is 1. The first-order valence-electron chi connectivity index (χ1n) is 5.33. The third-order valence-electron chi connectivity index (χ3n) is 2.42. The maximum atomic E-state index is 12.1. The maximum absolute atomic E-state index is 12.1. The average Bonchev–Trinajstić information content (AvgIpc) is 2.34. The predicted molar refractivity (Wildman–Crippen MR) is 73.4 cm³/mol. The highest BCUT2D eigenvalue weighted by atomic mass is 35.5. The Kier molecular flexibility index (Phi) is 3.59. The standard InChI is InChI=1S/C13H12ClNO2S/c1-10-7-8-13(12(14)9-10)15-18(16,17)11-5-3-2-4-6-11/h2-9,15H,1H3. The van der Waals surface area contributed by atoms with Crippen LogP contribution in [0.15, 0.2) is 53.4 Å². The third kappa shape index (κ3) is 2.83. The van der Waals surface area contributed by atoms with Gasteiger partial charge < -0.3 is 0 Å². The summed E-state index contributed by atoms with van der Waals surface area (Å²) in [5.74, 6) is 0. The molecule has 1 N–H and O–H groups in total. The van der Waals surface area contributed by atoms with E-state index in [0.29, 0.717) is 10.7 Å². The van der Waals surface area contributed by atoms with E-state index < -0.39 is 10.0 Å². The minimum atomic E-state index is -3.58. The van der Waals surface area contributed by atoms with Crippen molar-refractivity contribution in [3.05, 3.63) is 59.1 Å². The van der Waals surface area contributed by atoms with Crippen molar-refractivity contribution in [1.82, 2.24) is 0 Å². The summed E-state index contributed by atoms with van der Waals surface area (Å²) in [4.78, 5) is 0.210. The Morgan fingerprint density at radius 1 is 1.06 bits per heavy atom. The van der Waals surface area contributed by atoms with Gasteiger partial charge in [0.15, 0.2) is 0 Å². The number of aryl methyl sites for hydroxylation is 1. The molecule has 0 aliphatic carbocycles. The van der Waals surface area contributed by atoms with E-state index in [2.05, 4.69) is 4.72 Å². The Bertz CT molecular complexity index is 654. The number of halogens is 1. The molecule has 2 aromatic rings. The van der Waals surface area contributed by atoms with Gasteiger partial charge in [0.2, 0.25) is 0 Å². The molecule has 18 heavy (non-hydrogen) atoms. The van der Waals surface area contributed by atoms with E-state index in [9.17, 15) is 8.42 Å². The van der Waals surface area contributed by atoms with E-state index in [1.165, 1.54) is 12.1 Å². The first kappa shape index (κ1) is 12.9. The van der Waals surface area contributed by atoms with E-state index in [1.54, 1.807) is 36.4 Å². The number of anilines is 1. The van der Waals surface area contributed by atoms with Crippen LogP contribution in [-0.2, 0) is 10.0 Å². The SMILES string of the molecule is Cc1ccc(NS(=O)(=O)c2ccccc2)c(Cl)c1. The fraction of sp³-hybridized carbons (Fsp3) is 0.0769.